The fourth-order valence-electron chi connectivity index (χ4n) is 1.71. The van der Waals surface area contributed by atoms with E-state index in [4.69, 9.17) is 16.3 Å². The van der Waals surface area contributed by atoms with Gasteiger partial charge in [-0.1, -0.05) is 29.3 Å². The minimum Gasteiger partial charge on any atom is -0.495 e. The summed E-state index contributed by atoms with van der Waals surface area (Å²) in [6, 6.07) is 11.8. The van der Waals surface area contributed by atoms with Crippen LogP contribution in [0.1, 0.15) is 15.9 Å². The van der Waals surface area contributed by atoms with Crippen molar-refractivity contribution < 1.29 is 13.7 Å². The summed E-state index contributed by atoms with van der Waals surface area (Å²) in [5.41, 5.74) is 1.99. The van der Waals surface area contributed by atoms with Crippen LogP contribution in [0.5, 0.6) is 5.75 Å². The third kappa shape index (κ3) is 4.22. The van der Waals surface area contributed by atoms with E-state index in [9.17, 15) is 9.00 Å². The molecule has 0 spiro atoms. The molecule has 2 N–H and O–H groups in total. The second-order valence-corrected chi connectivity index (χ2v) is 5.87. The molecule has 0 saturated heterocycles. The van der Waals surface area contributed by atoms with Crippen LogP contribution in [-0.2, 0) is 11.2 Å². The van der Waals surface area contributed by atoms with Crippen LogP contribution in [0, 0.1) is 6.92 Å². The van der Waals surface area contributed by atoms with Crippen molar-refractivity contribution in [1.29, 1.82) is 0 Å². The van der Waals surface area contributed by atoms with E-state index >= 15 is 0 Å². The van der Waals surface area contributed by atoms with E-state index in [1.807, 2.05) is 19.1 Å². The first-order valence-electron chi connectivity index (χ1n) is 6.39. The summed E-state index contributed by atoms with van der Waals surface area (Å²) in [6.45, 7) is 1.93. The van der Waals surface area contributed by atoms with Crippen molar-refractivity contribution in [3.8, 4) is 5.75 Å². The van der Waals surface area contributed by atoms with Crippen molar-refractivity contribution in [3.05, 3.63) is 58.6 Å². The van der Waals surface area contributed by atoms with Gasteiger partial charge in [0.25, 0.3) is 5.91 Å². The topological polar surface area (TPSA) is 67.4 Å². The van der Waals surface area contributed by atoms with Gasteiger partial charge in [-0.3, -0.25) is 14.2 Å². The molecule has 1 unspecified atom stereocenters. The number of nitrogens with one attached hydrogen (secondary N) is 2. The molecule has 0 aliphatic carbocycles. The van der Waals surface area contributed by atoms with Gasteiger partial charge < -0.3 is 4.74 Å². The number of ether oxygens (including phenoxy) is 1. The first-order chi connectivity index (χ1) is 10.5. The lowest BCUT2D eigenvalue weighted by Gasteiger charge is -2.09. The Morgan fingerprint density at radius 3 is 2.45 bits per heavy atom. The average Bonchev–Trinajstić information content (AvgIpc) is 2.48. The standard InChI is InChI=1S/C15H15ClN2O3S/c1-10-3-5-11(6-4-10)15(19)18-22(20)17-12-7-8-14(21-2)13(16)9-12/h3-9,17H,1-2H3,(H,18,19). The monoisotopic (exact) mass is 338 g/mol. The van der Waals surface area contributed by atoms with E-state index in [-0.39, 0.29) is 0 Å². The zero-order valence-electron chi connectivity index (χ0n) is 12.1. The molecule has 116 valence electrons. The van der Waals surface area contributed by atoms with Crippen LogP contribution in [0.3, 0.4) is 0 Å². The molecule has 2 aromatic carbocycles. The maximum atomic E-state index is 11.9. The van der Waals surface area contributed by atoms with Crippen LogP contribution in [-0.4, -0.2) is 17.2 Å². The second kappa shape index (κ2) is 7.29. The number of benzene rings is 2. The van der Waals surface area contributed by atoms with Crippen molar-refractivity contribution >= 4 is 34.4 Å². The Labute approximate surface area is 136 Å². The molecule has 5 nitrogen and oxygen atoms in total. The molecule has 0 heterocycles. The van der Waals surface area contributed by atoms with Crippen molar-refractivity contribution in [2.24, 2.45) is 0 Å². The first kappa shape index (κ1) is 16.3. The molecule has 0 fully saturated rings. The average molecular weight is 339 g/mol. The molecule has 0 aliphatic heterocycles. The normalized spacial score (nSPS) is 11.6. The molecule has 1 atom stereocenters. The highest BCUT2D eigenvalue weighted by molar-refractivity contribution is 7.85. The van der Waals surface area contributed by atoms with Crippen LogP contribution in [0.2, 0.25) is 5.02 Å². The van der Waals surface area contributed by atoms with Gasteiger partial charge in [0, 0.05) is 11.3 Å². The molecule has 0 aromatic heterocycles. The van der Waals surface area contributed by atoms with Crippen molar-refractivity contribution in [2.75, 3.05) is 11.8 Å². The summed E-state index contributed by atoms with van der Waals surface area (Å²) in [4.78, 5) is 11.9. The molecular formula is C15H15ClN2O3S. The van der Waals surface area contributed by atoms with E-state index in [2.05, 4.69) is 9.44 Å². The highest BCUT2D eigenvalue weighted by Crippen LogP contribution is 2.27. The Bertz CT molecular complexity index is 704. The first-order valence-corrected chi connectivity index (χ1v) is 7.92. The summed E-state index contributed by atoms with van der Waals surface area (Å²) < 4.78 is 22.0. The van der Waals surface area contributed by atoms with Crippen LogP contribution >= 0.6 is 11.6 Å². The molecule has 1 amide bonds. The van der Waals surface area contributed by atoms with Gasteiger partial charge in [0.2, 0.25) is 11.2 Å². The third-order valence-corrected chi connectivity index (χ3v) is 3.95. The van der Waals surface area contributed by atoms with Crippen LogP contribution in [0.15, 0.2) is 42.5 Å². The maximum Gasteiger partial charge on any atom is 0.264 e. The lowest BCUT2D eigenvalue weighted by atomic mass is 10.1. The Kier molecular flexibility index (Phi) is 5.41. The highest BCUT2D eigenvalue weighted by Gasteiger charge is 2.10. The fourth-order valence-corrected chi connectivity index (χ4v) is 2.65. The van der Waals surface area contributed by atoms with Gasteiger partial charge in [0.1, 0.15) is 5.75 Å². The lowest BCUT2D eigenvalue weighted by Crippen LogP contribution is -2.29. The van der Waals surface area contributed by atoms with Gasteiger partial charge in [-0.05, 0) is 37.3 Å². The number of hydrogen-bond donors (Lipinski definition) is 2. The van der Waals surface area contributed by atoms with Crippen LogP contribution in [0.4, 0.5) is 5.69 Å². The van der Waals surface area contributed by atoms with Crippen molar-refractivity contribution in [1.82, 2.24) is 4.72 Å². The Morgan fingerprint density at radius 1 is 1.18 bits per heavy atom. The predicted octanol–water partition coefficient (Wildman–Crippen LogP) is 3.08. The Balaban J connectivity index is 1.99. The van der Waals surface area contributed by atoms with E-state index in [0.717, 1.165) is 5.56 Å². The molecule has 0 bridgehead atoms. The number of hydrogen-bond acceptors (Lipinski definition) is 3. The number of anilines is 1. The van der Waals surface area contributed by atoms with Gasteiger partial charge in [0.05, 0.1) is 12.1 Å². The van der Waals surface area contributed by atoms with Gasteiger partial charge in [-0.25, -0.2) is 4.21 Å². The quantitative estimate of drug-likeness (QED) is 0.880. The summed E-state index contributed by atoms with van der Waals surface area (Å²) >= 11 is 4.21. The maximum absolute atomic E-state index is 11.9. The number of halogens is 1. The fraction of sp³-hybridized carbons (Fsp3) is 0.133. The van der Waals surface area contributed by atoms with Gasteiger partial charge in [-0.15, -0.1) is 0 Å². The third-order valence-electron chi connectivity index (χ3n) is 2.86. The Hall–Kier alpha value is -2.05. The number of methoxy groups -OCH3 is 1. The SMILES string of the molecule is COc1ccc(NS(=O)NC(=O)c2ccc(C)cc2)cc1Cl. The summed E-state index contributed by atoms with van der Waals surface area (Å²) in [5, 5.41) is 0.384. The van der Waals surface area contributed by atoms with Gasteiger partial charge in [-0.2, -0.15) is 0 Å². The molecule has 22 heavy (non-hydrogen) atoms. The zero-order valence-corrected chi connectivity index (χ0v) is 13.6. The van der Waals surface area contributed by atoms with Crippen LogP contribution in [0.25, 0.3) is 0 Å². The highest BCUT2D eigenvalue weighted by atomic mass is 35.5. The lowest BCUT2D eigenvalue weighted by molar-refractivity contribution is 0.0983. The van der Waals surface area contributed by atoms with Crippen molar-refractivity contribution in [3.63, 3.8) is 0 Å². The number of carbonyl (C=O) groups is 1. The van der Waals surface area contributed by atoms with E-state index in [1.165, 1.54) is 7.11 Å². The number of amides is 1. The molecular weight excluding hydrogens is 324 g/mol. The Morgan fingerprint density at radius 2 is 1.86 bits per heavy atom. The number of carbonyl (C=O) groups excluding carboxylic acids is 1. The molecule has 0 radical (unpaired) electrons. The molecule has 0 saturated carbocycles. The minimum absolute atomic E-state index is 0.384. The van der Waals surface area contributed by atoms with Gasteiger partial charge >= 0.3 is 0 Å². The number of rotatable bonds is 5. The molecule has 0 aliphatic rings. The van der Waals surface area contributed by atoms with E-state index in [1.54, 1.807) is 30.3 Å². The van der Waals surface area contributed by atoms with Crippen LogP contribution < -0.4 is 14.2 Å². The number of aryl methyl sites for hydroxylation is 1. The van der Waals surface area contributed by atoms with Gasteiger partial charge in [0.15, 0.2) is 0 Å². The van der Waals surface area contributed by atoms with Crippen molar-refractivity contribution in [2.45, 2.75) is 6.92 Å². The minimum atomic E-state index is -1.77. The van der Waals surface area contributed by atoms with E-state index in [0.29, 0.717) is 22.0 Å². The summed E-state index contributed by atoms with van der Waals surface area (Å²) in [7, 11) is 1.51. The largest absolute Gasteiger partial charge is 0.495 e. The summed E-state index contributed by atoms with van der Waals surface area (Å²) in [6.07, 6.45) is 0. The smallest absolute Gasteiger partial charge is 0.264 e. The molecule has 2 rings (SSSR count). The zero-order chi connectivity index (χ0) is 16.1. The summed E-state index contributed by atoms with van der Waals surface area (Å²) in [5.74, 6) is 0.0899. The molecule has 2 aromatic rings. The second-order valence-electron chi connectivity index (χ2n) is 4.52. The van der Waals surface area contributed by atoms with E-state index < -0.39 is 17.1 Å². The molecule has 7 heteroatoms. The predicted molar refractivity (Wildman–Crippen MR) is 88.4 cm³/mol.